The molecule has 0 amide bonds. The monoisotopic (exact) mass is 395 g/mol. The summed E-state index contributed by atoms with van der Waals surface area (Å²) in [4.78, 5) is 18.9. The minimum atomic E-state index is 0.700. The third kappa shape index (κ3) is 3.08. The van der Waals surface area contributed by atoms with Gasteiger partial charge in [-0.2, -0.15) is 4.98 Å². The van der Waals surface area contributed by atoms with Crippen molar-refractivity contribution in [1.29, 1.82) is 0 Å². The molecule has 1 saturated heterocycles. The van der Waals surface area contributed by atoms with Gasteiger partial charge in [0.15, 0.2) is 5.13 Å². The molecule has 5 rings (SSSR count). The van der Waals surface area contributed by atoms with Crippen LogP contribution in [0.2, 0.25) is 0 Å². The zero-order valence-corrected chi connectivity index (χ0v) is 16.5. The molecule has 0 spiro atoms. The molecule has 3 aromatic rings. The Morgan fingerprint density at radius 1 is 1.14 bits per heavy atom. The van der Waals surface area contributed by atoms with Crippen molar-refractivity contribution in [3.63, 3.8) is 0 Å². The first-order valence-electron chi connectivity index (χ1n) is 9.38. The number of ether oxygens (including phenoxy) is 2. The summed E-state index contributed by atoms with van der Waals surface area (Å²) in [5.41, 5.74) is 3.19. The van der Waals surface area contributed by atoms with Gasteiger partial charge in [0.05, 0.1) is 26.0 Å². The fourth-order valence-corrected chi connectivity index (χ4v) is 4.36. The molecule has 2 aliphatic heterocycles. The number of morpholine rings is 1. The number of thiazole rings is 1. The molecule has 144 valence electrons. The number of methoxy groups -OCH3 is 1. The van der Waals surface area contributed by atoms with E-state index in [1.807, 2.05) is 29.8 Å². The normalized spacial score (nSPS) is 16.3. The predicted octanol–water partition coefficient (Wildman–Crippen LogP) is 3.14. The minimum Gasteiger partial charge on any atom is -0.497 e. The molecule has 0 saturated carbocycles. The maximum absolute atomic E-state index is 5.51. The van der Waals surface area contributed by atoms with Crippen LogP contribution in [0.3, 0.4) is 0 Å². The Balaban J connectivity index is 1.65. The summed E-state index contributed by atoms with van der Waals surface area (Å²) >= 11 is 1.63. The van der Waals surface area contributed by atoms with E-state index >= 15 is 0 Å². The summed E-state index contributed by atoms with van der Waals surface area (Å²) < 4.78 is 10.9. The summed E-state index contributed by atoms with van der Waals surface area (Å²) in [6.45, 7) is 3.86. The number of hydrogen-bond acceptors (Lipinski definition) is 8. The largest absolute Gasteiger partial charge is 0.497 e. The molecule has 7 nitrogen and oxygen atoms in total. The number of hydrogen-bond donors (Lipinski definition) is 0. The standard InChI is InChI=1S/C20H21N5O2S/c1-26-15-4-2-3-14(13-15)17-16-5-7-25(20-21-6-12-28-20)18(16)23-19(22-17)24-8-10-27-11-9-24/h2-4,6,12-13H,5,7-11H2,1H3. The number of nitrogens with zero attached hydrogens (tertiary/aromatic N) is 5. The Hall–Kier alpha value is -2.71. The third-order valence-electron chi connectivity index (χ3n) is 5.10. The van der Waals surface area contributed by atoms with Crippen LogP contribution in [0.15, 0.2) is 35.8 Å². The lowest BCUT2D eigenvalue weighted by molar-refractivity contribution is 0.122. The zero-order chi connectivity index (χ0) is 18.9. The first-order valence-corrected chi connectivity index (χ1v) is 10.3. The molecule has 0 aliphatic carbocycles. The molecule has 1 fully saturated rings. The molecule has 28 heavy (non-hydrogen) atoms. The molecule has 0 unspecified atom stereocenters. The highest BCUT2D eigenvalue weighted by atomic mass is 32.1. The number of rotatable bonds is 4. The molecule has 1 aromatic carbocycles. The van der Waals surface area contributed by atoms with Crippen molar-refractivity contribution in [2.45, 2.75) is 6.42 Å². The fourth-order valence-electron chi connectivity index (χ4n) is 3.69. The van der Waals surface area contributed by atoms with Gasteiger partial charge in [0.2, 0.25) is 5.95 Å². The van der Waals surface area contributed by atoms with Crippen molar-refractivity contribution >= 4 is 28.2 Å². The van der Waals surface area contributed by atoms with E-state index in [2.05, 4.69) is 20.9 Å². The Bertz CT molecular complexity index is 973. The van der Waals surface area contributed by atoms with Gasteiger partial charge in [0.25, 0.3) is 0 Å². The van der Waals surface area contributed by atoms with Gasteiger partial charge in [-0.25, -0.2) is 9.97 Å². The molecule has 2 aliphatic rings. The van der Waals surface area contributed by atoms with Crippen LogP contribution in [0, 0.1) is 0 Å². The first-order chi connectivity index (χ1) is 13.8. The highest BCUT2D eigenvalue weighted by molar-refractivity contribution is 7.13. The van der Waals surface area contributed by atoms with Crippen molar-refractivity contribution in [3.8, 4) is 17.0 Å². The lowest BCUT2D eigenvalue weighted by Gasteiger charge is -2.28. The average molecular weight is 395 g/mol. The summed E-state index contributed by atoms with van der Waals surface area (Å²) in [6.07, 6.45) is 2.73. The second-order valence-corrected chi connectivity index (χ2v) is 7.60. The van der Waals surface area contributed by atoms with Crippen molar-refractivity contribution in [3.05, 3.63) is 41.4 Å². The number of anilines is 3. The number of benzene rings is 1. The van der Waals surface area contributed by atoms with Crippen LogP contribution in [-0.2, 0) is 11.2 Å². The molecule has 0 atom stereocenters. The van der Waals surface area contributed by atoms with E-state index < -0.39 is 0 Å². The second-order valence-electron chi connectivity index (χ2n) is 6.72. The van der Waals surface area contributed by atoms with E-state index in [4.69, 9.17) is 19.4 Å². The Morgan fingerprint density at radius 2 is 2.04 bits per heavy atom. The summed E-state index contributed by atoms with van der Waals surface area (Å²) in [6, 6.07) is 8.08. The van der Waals surface area contributed by atoms with Crippen molar-refractivity contribution in [2.75, 3.05) is 49.8 Å². The van der Waals surface area contributed by atoms with Gasteiger partial charge >= 0.3 is 0 Å². The molecular formula is C20H21N5O2S. The van der Waals surface area contributed by atoms with Crippen LogP contribution in [0.5, 0.6) is 5.75 Å². The van der Waals surface area contributed by atoms with Gasteiger partial charge in [-0.15, -0.1) is 11.3 Å². The van der Waals surface area contributed by atoms with E-state index in [1.165, 1.54) is 5.56 Å². The maximum Gasteiger partial charge on any atom is 0.228 e. The molecule has 0 radical (unpaired) electrons. The van der Waals surface area contributed by atoms with Crippen molar-refractivity contribution in [1.82, 2.24) is 15.0 Å². The zero-order valence-electron chi connectivity index (χ0n) is 15.7. The second kappa shape index (κ2) is 7.37. The predicted molar refractivity (Wildman–Crippen MR) is 110 cm³/mol. The smallest absolute Gasteiger partial charge is 0.228 e. The van der Waals surface area contributed by atoms with Crippen LogP contribution in [-0.4, -0.2) is 54.9 Å². The SMILES string of the molecule is COc1cccc(-c2nc(N3CCOCC3)nc3c2CCN3c2nccs2)c1. The van der Waals surface area contributed by atoms with Gasteiger partial charge in [-0.3, -0.25) is 0 Å². The van der Waals surface area contributed by atoms with Crippen LogP contribution in [0.1, 0.15) is 5.56 Å². The minimum absolute atomic E-state index is 0.700. The molecule has 2 aromatic heterocycles. The van der Waals surface area contributed by atoms with E-state index in [-0.39, 0.29) is 0 Å². The van der Waals surface area contributed by atoms with Crippen LogP contribution >= 0.6 is 11.3 Å². The van der Waals surface area contributed by atoms with E-state index in [0.29, 0.717) is 13.2 Å². The molecule has 8 heteroatoms. The highest BCUT2D eigenvalue weighted by Gasteiger charge is 2.30. The van der Waals surface area contributed by atoms with E-state index in [0.717, 1.165) is 60.0 Å². The van der Waals surface area contributed by atoms with Gasteiger partial charge in [0.1, 0.15) is 11.6 Å². The Morgan fingerprint density at radius 3 is 2.82 bits per heavy atom. The van der Waals surface area contributed by atoms with Gasteiger partial charge in [-0.1, -0.05) is 12.1 Å². The summed E-state index contributed by atoms with van der Waals surface area (Å²) in [7, 11) is 1.69. The quantitative estimate of drug-likeness (QED) is 0.672. The summed E-state index contributed by atoms with van der Waals surface area (Å²) in [5, 5.41) is 2.97. The van der Waals surface area contributed by atoms with Crippen LogP contribution in [0.4, 0.5) is 16.9 Å². The highest BCUT2D eigenvalue weighted by Crippen LogP contribution is 2.40. The lowest BCUT2D eigenvalue weighted by atomic mass is 10.1. The van der Waals surface area contributed by atoms with Crippen molar-refractivity contribution in [2.24, 2.45) is 0 Å². The Kier molecular flexibility index (Phi) is 4.58. The lowest BCUT2D eigenvalue weighted by Crippen LogP contribution is -2.37. The fraction of sp³-hybridized carbons (Fsp3) is 0.350. The third-order valence-corrected chi connectivity index (χ3v) is 5.90. The number of aromatic nitrogens is 3. The van der Waals surface area contributed by atoms with Crippen LogP contribution < -0.4 is 14.5 Å². The van der Waals surface area contributed by atoms with Crippen molar-refractivity contribution < 1.29 is 9.47 Å². The molecule has 0 bridgehead atoms. The first kappa shape index (κ1) is 17.4. The van der Waals surface area contributed by atoms with Crippen LogP contribution in [0.25, 0.3) is 11.3 Å². The summed E-state index contributed by atoms with van der Waals surface area (Å²) in [5.74, 6) is 2.54. The topological polar surface area (TPSA) is 63.6 Å². The van der Waals surface area contributed by atoms with E-state index in [9.17, 15) is 0 Å². The van der Waals surface area contributed by atoms with Gasteiger partial charge < -0.3 is 19.3 Å². The van der Waals surface area contributed by atoms with Gasteiger partial charge in [0, 0.05) is 42.3 Å². The number of fused-ring (bicyclic) bond motifs is 1. The van der Waals surface area contributed by atoms with Gasteiger partial charge in [-0.05, 0) is 18.6 Å². The van der Waals surface area contributed by atoms with E-state index in [1.54, 1.807) is 18.4 Å². The molecule has 0 N–H and O–H groups in total. The molecule has 4 heterocycles. The maximum atomic E-state index is 5.51. The Labute approximate surface area is 167 Å². The molecular weight excluding hydrogens is 374 g/mol. The average Bonchev–Trinajstić information content (AvgIpc) is 3.43.